The van der Waals surface area contributed by atoms with E-state index in [-0.39, 0.29) is 11.5 Å². The van der Waals surface area contributed by atoms with Crippen molar-refractivity contribution in [2.24, 2.45) is 0 Å². The van der Waals surface area contributed by atoms with Crippen LogP contribution in [0.4, 0.5) is 5.69 Å². The Bertz CT molecular complexity index is 1350. The summed E-state index contributed by atoms with van der Waals surface area (Å²) in [6, 6.07) is 17.0. The van der Waals surface area contributed by atoms with Crippen LogP contribution in [0, 0.1) is 13.8 Å². The van der Waals surface area contributed by atoms with E-state index in [1.165, 1.54) is 12.0 Å². The lowest BCUT2D eigenvalue weighted by molar-refractivity contribution is -0.136. The molecule has 2 heterocycles. The number of amides is 1. The molecule has 0 bridgehead atoms. The smallest absolute Gasteiger partial charge is 0.340 e. The number of hydrogen-bond acceptors (Lipinski definition) is 3. The molecule has 168 valence electrons. The number of aryl methyl sites for hydroxylation is 1. The predicted octanol–water partition coefficient (Wildman–Crippen LogP) is 6.39. The Labute approximate surface area is 206 Å². The maximum atomic E-state index is 13.6. The zero-order valence-corrected chi connectivity index (χ0v) is 21.0. The van der Waals surface area contributed by atoms with Crippen LogP contribution in [0.5, 0.6) is 0 Å². The number of nitrogens with zero attached hydrogens (tertiary/aromatic N) is 2. The molecule has 1 aromatic heterocycles. The van der Waals surface area contributed by atoms with Gasteiger partial charge in [-0.15, -0.1) is 0 Å². The molecule has 0 N–H and O–H groups in total. The average Bonchev–Trinajstić information content (AvgIpc) is 3.20. The minimum atomic E-state index is -0.551. The maximum absolute atomic E-state index is 13.6. The average molecular weight is 526 g/mol. The number of aromatic nitrogens is 1. The van der Waals surface area contributed by atoms with E-state index in [1.807, 2.05) is 73.0 Å². The van der Waals surface area contributed by atoms with Gasteiger partial charge in [0.05, 0.1) is 34.7 Å². The molecule has 1 amide bonds. The van der Waals surface area contributed by atoms with Crippen molar-refractivity contribution in [3.05, 3.63) is 97.9 Å². The summed E-state index contributed by atoms with van der Waals surface area (Å²) in [6.07, 6.45) is 1.76. The van der Waals surface area contributed by atoms with Crippen molar-refractivity contribution in [2.45, 2.75) is 20.8 Å². The van der Waals surface area contributed by atoms with Crippen molar-refractivity contribution in [3.63, 3.8) is 0 Å². The highest BCUT2D eigenvalue weighted by Gasteiger charge is 2.38. The van der Waals surface area contributed by atoms with Gasteiger partial charge in [0.15, 0.2) is 0 Å². The Hall–Kier alpha value is -3.09. The molecule has 7 heteroatoms. The normalized spacial score (nSPS) is 15.0. The largest absolute Gasteiger partial charge is 0.465 e. The van der Waals surface area contributed by atoms with Crippen LogP contribution in [0.3, 0.4) is 0 Å². The van der Waals surface area contributed by atoms with E-state index >= 15 is 0 Å². The van der Waals surface area contributed by atoms with Crippen LogP contribution < -0.4 is 4.90 Å². The molecule has 1 aliphatic heterocycles. The van der Waals surface area contributed by atoms with Gasteiger partial charge in [0.1, 0.15) is 0 Å². The number of methoxy groups -OCH3 is 1. The fourth-order valence-electron chi connectivity index (χ4n) is 4.20. The van der Waals surface area contributed by atoms with Crippen LogP contribution in [0.1, 0.15) is 23.9 Å². The van der Waals surface area contributed by atoms with Crippen LogP contribution in [-0.4, -0.2) is 23.6 Å². The van der Waals surface area contributed by atoms with Crippen molar-refractivity contribution < 1.29 is 14.3 Å². The fourth-order valence-corrected chi connectivity index (χ4v) is 4.81. The summed E-state index contributed by atoms with van der Waals surface area (Å²) < 4.78 is 7.90. The molecule has 0 fully saturated rings. The molecule has 0 unspecified atom stereocenters. The van der Waals surface area contributed by atoms with Crippen molar-refractivity contribution in [1.29, 1.82) is 0 Å². The second-order valence-electron chi connectivity index (χ2n) is 7.74. The molecule has 4 rings (SSSR count). The van der Waals surface area contributed by atoms with Crippen LogP contribution in [0.25, 0.3) is 11.8 Å². The van der Waals surface area contributed by atoms with Gasteiger partial charge in [-0.2, -0.15) is 0 Å². The highest BCUT2D eigenvalue weighted by Crippen LogP contribution is 2.37. The first-order valence-corrected chi connectivity index (χ1v) is 11.5. The van der Waals surface area contributed by atoms with Crippen molar-refractivity contribution in [1.82, 2.24) is 4.57 Å². The van der Waals surface area contributed by atoms with Gasteiger partial charge in [0.25, 0.3) is 5.91 Å². The topological polar surface area (TPSA) is 51.5 Å². The number of carbonyl (C=O) groups excluding carboxylic acids is 2. The molecule has 1 aliphatic rings. The molecular weight excluding hydrogens is 504 g/mol. The lowest BCUT2D eigenvalue weighted by Gasteiger charge is -2.18. The zero-order chi connectivity index (χ0) is 23.9. The van der Waals surface area contributed by atoms with E-state index < -0.39 is 5.97 Å². The number of halogens is 2. The van der Waals surface area contributed by atoms with Gasteiger partial charge in [-0.25, -0.2) is 4.79 Å². The zero-order valence-electron chi connectivity index (χ0n) is 18.6. The third-order valence-corrected chi connectivity index (χ3v) is 6.53. The van der Waals surface area contributed by atoms with E-state index in [9.17, 15) is 9.59 Å². The Morgan fingerprint density at radius 1 is 1.06 bits per heavy atom. The molecule has 5 nitrogen and oxygen atoms in total. The Morgan fingerprint density at radius 2 is 1.79 bits per heavy atom. The van der Waals surface area contributed by atoms with Crippen LogP contribution >= 0.6 is 27.5 Å². The highest BCUT2D eigenvalue weighted by molar-refractivity contribution is 9.10. The second kappa shape index (κ2) is 9.04. The van der Waals surface area contributed by atoms with Crippen LogP contribution in [0.2, 0.25) is 5.02 Å². The Kier molecular flexibility index (Phi) is 6.32. The van der Waals surface area contributed by atoms with Crippen LogP contribution in [0.15, 0.2) is 75.9 Å². The third kappa shape index (κ3) is 4.05. The van der Waals surface area contributed by atoms with Gasteiger partial charge >= 0.3 is 5.97 Å². The first-order valence-electron chi connectivity index (χ1n) is 10.3. The van der Waals surface area contributed by atoms with Gasteiger partial charge in [0.2, 0.25) is 0 Å². The molecule has 0 atom stereocenters. The highest BCUT2D eigenvalue weighted by atomic mass is 79.9. The SMILES string of the molecule is COC(=O)C1=C(C)N(c2cccc(Br)c2)C(=O)/C1=C\c1cc(C)n(-c2ccccc2Cl)c1C. The van der Waals surface area contributed by atoms with Crippen molar-refractivity contribution in [2.75, 3.05) is 12.0 Å². The van der Waals surface area contributed by atoms with E-state index in [2.05, 4.69) is 15.9 Å². The molecule has 0 radical (unpaired) electrons. The Balaban J connectivity index is 1.87. The summed E-state index contributed by atoms with van der Waals surface area (Å²) in [5, 5.41) is 0.627. The van der Waals surface area contributed by atoms with Gasteiger partial charge in [-0.1, -0.05) is 45.7 Å². The van der Waals surface area contributed by atoms with Crippen LogP contribution in [-0.2, 0) is 14.3 Å². The van der Waals surface area contributed by atoms with Gasteiger partial charge in [-0.05, 0) is 68.8 Å². The number of hydrogen-bond donors (Lipinski definition) is 0. The van der Waals surface area contributed by atoms with Crippen molar-refractivity contribution >= 4 is 51.2 Å². The molecule has 3 aromatic rings. The molecule has 0 spiro atoms. The lowest BCUT2D eigenvalue weighted by Crippen LogP contribution is -2.24. The first-order chi connectivity index (χ1) is 15.7. The maximum Gasteiger partial charge on any atom is 0.340 e. The second-order valence-corrected chi connectivity index (χ2v) is 9.07. The summed E-state index contributed by atoms with van der Waals surface area (Å²) in [7, 11) is 1.32. The fraction of sp³-hybridized carbons (Fsp3) is 0.154. The molecule has 0 saturated heterocycles. The summed E-state index contributed by atoms with van der Waals surface area (Å²) >= 11 is 9.89. The number of rotatable bonds is 4. The molecule has 0 saturated carbocycles. The number of esters is 1. The number of anilines is 1. The van der Waals surface area contributed by atoms with E-state index in [0.29, 0.717) is 22.0 Å². The first kappa shape index (κ1) is 23.1. The standard InChI is InChI=1S/C26H22BrClN2O3/c1-15-12-18(16(2)29(15)23-11-6-5-10-22(23)28)13-21-24(26(32)33-4)17(3)30(25(21)31)20-9-7-8-19(27)14-20/h5-14H,1-4H3/b21-13-. The molecule has 2 aromatic carbocycles. The lowest BCUT2D eigenvalue weighted by atomic mass is 10.0. The minimum absolute atomic E-state index is 0.255. The number of para-hydroxylation sites is 1. The molecule has 0 aliphatic carbocycles. The molecular formula is C26H22BrClN2O3. The summed E-state index contributed by atoms with van der Waals surface area (Å²) in [6.45, 7) is 5.69. The summed E-state index contributed by atoms with van der Waals surface area (Å²) in [5.74, 6) is -0.835. The van der Waals surface area contributed by atoms with Gasteiger partial charge in [-0.3, -0.25) is 9.69 Å². The number of benzene rings is 2. The quantitative estimate of drug-likeness (QED) is 0.293. The minimum Gasteiger partial charge on any atom is -0.465 e. The summed E-state index contributed by atoms with van der Waals surface area (Å²) in [4.78, 5) is 27.8. The van der Waals surface area contributed by atoms with E-state index in [1.54, 1.807) is 13.0 Å². The number of allylic oxidation sites excluding steroid dienone is 1. The Morgan fingerprint density at radius 3 is 2.45 bits per heavy atom. The third-order valence-electron chi connectivity index (χ3n) is 5.72. The molecule has 33 heavy (non-hydrogen) atoms. The predicted molar refractivity (Wildman–Crippen MR) is 135 cm³/mol. The number of carbonyl (C=O) groups is 2. The monoisotopic (exact) mass is 524 g/mol. The van der Waals surface area contributed by atoms with E-state index in [4.69, 9.17) is 16.3 Å². The van der Waals surface area contributed by atoms with Crippen molar-refractivity contribution in [3.8, 4) is 5.69 Å². The van der Waals surface area contributed by atoms with Gasteiger partial charge in [0, 0.05) is 21.6 Å². The van der Waals surface area contributed by atoms with Gasteiger partial charge < -0.3 is 9.30 Å². The van der Waals surface area contributed by atoms with E-state index in [0.717, 1.165) is 27.1 Å². The summed E-state index contributed by atoms with van der Waals surface area (Å²) in [5.41, 5.74) is 5.28. The number of ether oxygens (including phenoxy) is 1.